The van der Waals surface area contributed by atoms with Gasteiger partial charge < -0.3 is 10.2 Å². The Hall–Kier alpha value is -1.35. The summed E-state index contributed by atoms with van der Waals surface area (Å²) in [5.41, 5.74) is 2.41. The van der Waals surface area contributed by atoms with E-state index in [2.05, 4.69) is 35.3 Å². The molecule has 0 unspecified atom stereocenters. The van der Waals surface area contributed by atoms with Gasteiger partial charge in [0.15, 0.2) is 0 Å². The van der Waals surface area contributed by atoms with Crippen LogP contribution in [-0.2, 0) is 11.3 Å². The van der Waals surface area contributed by atoms with Crippen LogP contribution >= 0.6 is 0 Å². The summed E-state index contributed by atoms with van der Waals surface area (Å²) in [6, 6.07) is 8.27. The van der Waals surface area contributed by atoms with Gasteiger partial charge in [0.25, 0.3) is 0 Å². The minimum absolute atomic E-state index is 0.159. The zero-order valence-corrected chi connectivity index (χ0v) is 11.8. The Bertz CT molecular complexity index is 411. The summed E-state index contributed by atoms with van der Waals surface area (Å²) >= 11 is 0. The fraction of sp³-hybridized carbons (Fsp3) is 0.562. The highest BCUT2D eigenvalue weighted by Gasteiger charge is 2.11. The van der Waals surface area contributed by atoms with Gasteiger partial charge in [0.2, 0.25) is 5.91 Å². The number of likely N-dealkylation sites (tertiary alicyclic amines) is 1. The molecule has 1 amide bonds. The molecule has 0 atom stereocenters. The molecule has 1 heterocycles. The van der Waals surface area contributed by atoms with E-state index in [0.29, 0.717) is 13.0 Å². The first kappa shape index (κ1) is 14.1. The third kappa shape index (κ3) is 5.03. The third-order valence-electron chi connectivity index (χ3n) is 3.68. The van der Waals surface area contributed by atoms with Crippen molar-refractivity contribution in [3.63, 3.8) is 0 Å². The summed E-state index contributed by atoms with van der Waals surface area (Å²) in [5.74, 6) is 0.159. The van der Waals surface area contributed by atoms with Crippen molar-refractivity contribution in [1.82, 2.24) is 10.2 Å². The highest BCUT2D eigenvalue weighted by atomic mass is 16.1. The van der Waals surface area contributed by atoms with Crippen molar-refractivity contribution < 1.29 is 4.79 Å². The molecule has 1 aliphatic heterocycles. The highest BCUT2D eigenvalue weighted by Crippen LogP contribution is 2.08. The summed E-state index contributed by atoms with van der Waals surface area (Å²) < 4.78 is 0. The van der Waals surface area contributed by atoms with Crippen molar-refractivity contribution in [3.05, 3.63) is 35.4 Å². The number of amides is 1. The van der Waals surface area contributed by atoms with E-state index in [9.17, 15) is 4.79 Å². The molecule has 0 aromatic heterocycles. The first-order chi connectivity index (χ1) is 9.24. The molecule has 0 spiro atoms. The molecule has 1 aromatic rings. The Kier molecular flexibility index (Phi) is 5.40. The lowest BCUT2D eigenvalue weighted by atomic mass is 10.1. The second-order valence-corrected chi connectivity index (χ2v) is 5.42. The van der Waals surface area contributed by atoms with Gasteiger partial charge in [-0.05, 0) is 38.4 Å². The Labute approximate surface area is 116 Å². The molecule has 0 radical (unpaired) electrons. The van der Waals surface area contributed by atoms with E-state index in [4.69, 9.17) is 0 Å². The molecular formula is C16H24N2O. The van der Waals surface area contributed by atoms with Gasteiger partial charge in [-0.3, -0.25) is 4.79 Å². The van der Waals surface area contributed by atoms with Crippen molar-refractivity contribution >= 4 is 5.91 Å². The van der Waals surface area contributed by atoms with Crippen LogP contribution in [0.1, 0.15) is 36.8 Å². The van der Waals surface area contributed by atoms with Crippen LogP contribution in [0.15, 0.2) is 24.3 Å². The fourth-order valence-corrected chi connectivity index (χ4v) is 2.55. The SMILES string of the molecule is Cc1cccc(CNC(=O)CCN2CCCCC2)c1. The summed E-state index contributed by atoms with van der Waals surface area (Å²) in [7, 11) is 0. The molecule has 1 aromatic carbocycles. The van der Waals surface area contributed by atoms with Gasteiger partial charge in [0.1, 0.15) is 0 Å². The monoisotopic (exact) mass is 260 g/mol. The minimum Gasteiger partial charge on any atom is -0.352 e. The predicted octanol–water partition coefficient (Wildman–Crippen LogP) is 2.49. The second kappa shape index (κ2) is 7.29. The van der Waals surface area contributed by atoms with Crippen LogP contribution in [0.3, 0.4) is 0 Å². The molecule has 0 aliphatic carbocycles. The molecule has 3 heteroatoms. The Morgan fingerprint density at radius 1 is 1.26 bits per heavy atom. The molecule has 0 bridgehead atoms. The molecule has 1 fully saturated rings. The normalized spacial score (nSPS) is 16.3. The standard InChI is InChI=1S/C16H24N2O/c1-14-6-5-7-15(12-14)13-17-16(19)8-11-18-9-3-2-4-10-18/h5-7,12H,2-4,8-11,13H2,1H3,(H,17,19). The lowest BCUT2D eigenvalue weighted by Gasteiger charge is -2.25. The van der Waals surface area contributed by atoms with Crippen LogP contribution in [0.4, 0.5) is 0 Å². The lowest BCUT2D eigenvalue weighted by Crippen LogP contribution is -2.34. The molecular weight excluding hydrogens is 236 g/mol. The molecule has 2 rings (SSSR count). The summed E-state index contributed by atoms with van der Waals surface area (Å²) in [6.07, 6.45) is 4.53. The van der Waals surface area contributed by atoms with Crippen LogP contribution < -0.4 is 5.32 Å². The topological polar surface area (TPSA) is 32.3 Å². The minimum atomic E-state index is 0.159. The van der Waals surface area contributed by atoms with E-state index in [1.807, 2.05) is 6.07 Å². The van der Waals surface area contributed by atoms with Crippen molar-refractivity contribution in [1.29, 1.82) is 0 Å². The Morgan fingerprint density at radius 2 is 2.05 bits per heavy atom. The van der Waals surface area contributed by atoms with E-state index in [-0.39, 0.29) is 5.91 Å². The Morgan fingerprint density at radius 3 is 2.79 bits per heavy atom. The van der Waals surface area contributed by atoms with Crippen molar-refractivity contribution in [2.45, 2.75) is 39.2 Å². The van der Waals surface area contributed by atoms with E-state index >= 15 is 0 Å². The molecule has 3 nitrogen and oxygen atoms in total. The number of nitrogens with one attached hydrogen (secondary N) is 1. The first-order valence-corrected chi connectivity index (χ1v) is 7.28. The fourth-order valence-electron chi connectivity index (χ4n) is 2.55. The van der Waals surface area contributed by atoms with Gasteiger partial charge in [-0.15, -0.1) is 0 Å². The van der Waals surface area contributed by atoms with Crippen LogP contribution in [0.2, 0.25) is 0 Å². The van der Waals surface area contributed by atoms with E-state index in [1.165, 1.54) is 30.4 Å². The van der Waals surface area contributed by atoms with Crippen molar-refractivity contribution in [3.8, 4) is 0 Å². The van der Waals surface area contributed by atoms with Gasteiger partial charge >= 0.3 is 0 Å². The van der Waals surface area contributed by atoms with Crippen LogP contribution in [0.25, 0.3) is 0 Å². The van der Waals surface area contributed by atoms with Gasteiger partial charge in [-0.2, -0.15) is 0 Å². The maximum atomic E-state index is 11.8. The number of carbonyl (C=O) groups is 1. The number of aryl methyl sites for hydroxylation is 1. The maximum Gasteiger partial charge on any atom is 0.221 e. The maximum absolute atomic E-state index is 11.8. The van der Waals surface area contributed by atoms with Crippen LogP contribution in [0.5, 0.6) is 0 Å². The molecule has 0 saturated carbocycles. The van der Waals surface area contributed by atoms with Gasteiger partial charge in [-0.1, -0.05) is 36.2 Å². The van der Waals surface area contributed by atoms with Gasteiger partial charge in [-0.25, -0.2) is 0 Å². The molecule has 1 N–H and O–H groups in total. The van der Waals surface area contributed by atoms with E-state index < -0.39 is 0 Å². The number of piperidine rings is 1. The van der Waals surface area contributed by atoms with Crippen LogP contribution in [-0.4, -0.2) is 30.4 Å². The molecule has 1 saturated heterocycles. The summed E-state index contributed by atoms with van der Waals surface area (Å²) in [4.78, 5) is 14.2. The number of hydrogen-bond donors (Lipinski definition) is 1. The number of carbonyl (C=O) groups excluding carboxylic acids is 1. The zero-order chi connectivity index (χ0) is 13.5. The highest BCUT2D eigenvalue weighted by molar-refractivity contribution is 5.76. The lowest BCUT2D eigenvalue weighted by molar-refractivity contribution is -0.121. The molecule has 19 heavy (non-hydrogen) atoms. The predicted molar refractivity (Wildman–Crippen MR) is 77.9 cm³/mol. The van der Waals surface area contributed by atoms with Crippen molar-refractivity contribution in [2.75, 3.05) is 19.6 Å². The average molecular weight is 260 g/mol. The molecule has 104 valence electrons. The average Bonchev–Trinajstić information content (AvgIpc) is 2.44. The van der Waals surface area contributed by atoms with Gasteiger partial charge in [0, 0.05) is 19.5 Å². The number of hydrogen-bond acceptors (Lipinski definition) is 2. The number of rotatable bonds is 5. The third-order valence-corrected chi connectivity index (χ3v) is 3.68. The Balaban J connectivity index is 1.66. The summed E-state index contributed by atoms with van der Waals surface area (Å²) in [5, 5.41) is 3.00. The second-order valence-electron chi connectivity index (χ2n) is 5.42. The van der Waals surface area contributed by atoms with E-state index in [1.54, 1.807) is 0 Å². The largest absolute Gasteiger partial charge is 0.352 e. The zero-order valence-electron chi connectivity index (χ0n) is 11.8. The van der Waals surface area contributed by atoms with Crippen LogP contribution in [0, 0.1) is 6.92 Å². The van der Waals surface area contributed by atoms with Crippen molar-refractivity contribution in [2.24, 2.45) is 0 Å². The smallest absolute Gasteiger partial charge is 0.221 e. The quantitative estimate of drug-likeness (QED) is 0.882. The van der Waals surface area contributed by atoms with E-state index in [0.717, 1.165) is 19.6 Å². The molecule has 1 aliphatic rings. The number of benzene rings is 1. The first-order valence-electron chi connectivity index (χ1n) is 7.28. The number of nitrogens with zero attached hydrogens (tertiary/aromatic N) is 1. The van der Waals surface area contributed by atoms with Gasteiger partial charge in [0.05, 0.1) is 0 Å². The summed E-state index contributed by atoms with van der Waals surface area (Å²) in [6.45, 7) is 5.93.